The molecule has 1 aromatic carbocycles. The highest BCUT2D eigenvalue weighted by atomic mass is 16.6. The summed E-state index contributed by atoms with van der Waals surface area (Å²) in [6.07, 6.45) is 2.73. The number of allylic oxidation sites excluding steroid dienone is 1. The van der Waals surface area contributed by atoms with Crippen molar-refractivity contribution >= 4 is 34.4 Å². The zero-order chi connectivity index (χ0) is 21.9. The topological polar surface area (TPSA) is 121 Å². The number of ether oxygens (including phenoxy) is 1. The third kappa shape index (κ3) is 2.77. The molecule has 3 aromatic rings. The summed E-state index contributed by atoms with van der Waals surface area (Å²) in [6.45, 7) is 1.20. The number of ketones is 1. The number of benzene rings is 1. The number of hydrogen-bond acceptors (Lipinski definition) is 7. The Hall–Kier alpha value is -4.14. The third-order valence-electron chi connectivity index (χ3n) is 5.59. The second-order valence-electron chi connectivity index (χ2n) is 7.45. The Labute approximate surface area is 174 Å². The average molecular weight is 417 g/mol. The lowest BCUT2D eigenvalue weighted by molar-refractivity contribution is -0.385. The maximum absolute atomic E-state index is 13.2. The highest BCUT2D eigenvalue weighted by Crippen LogP contribution is 2.43. The number of carbonyl (C=O) groups is 2. The summed E-state index contributed by atoms with van der Waals surface area (Å²) in [4.78, 5) is 52.7. The van der Waals surface area contributed by atoms with Crippen molar-refractivity contribution in [2.45, 2.75) is 26.5 Å². The molecular formula is C22H15N3O6. The molecule has 0 amide bonds. The van der Waals surface area contributed by atoms with E-state index in [0.29, 0.717) is 22.3 Å². The molecule has 0 N–H and O–H groups in total. The van der Waals surface area contributed by atoms with E-state index in [1.54, 1.807) is 18.2 Å². The molecule has 154 valence electrons. The monoisotopic (exact) mass is 417 g/mol. The van der Waals surface area contributed by atoms with Gasteiger partial charge in [0.15, 0.2) is 5.78 Å². The molecule has 5 rings (SSSR count). The fourth-order valence-corrected chi connectivity index (χ4v) is 4.26. The summed E-state index contributed by atoms with van der Waals surface area (Å²) in [5.74, 6) is -0.769. The predicted octanol–water partition coefficient (Wildman–Crippen LogP) is 2.53. The molecular weight excluding hydrogens is 402 g/mol. The van der Waals surface area contributed by atoms with Gasteiger partial charge in [0, 0.05) is 10.9 Å². The Morgan fingerprint density at radius 2 is 2.00 bits per heavy atom. The summed E-state index contributed by atoms with van der Waals surface area (Å²) in [7, 11) is 0. The van der Waals surface area contributed by atoms with Crippen molar-refractivity contribution in [1.82, 2.24) is 9.55 Å². The number of para-hydroxylation sites is 1. The molecule has 0 aliphatic carbocycles. The normalized spacial score (nSPS) is 14.3. The Morgan fingerprint density at radius 3 is 2.74 bits per heavy atom. The molecule has 4 heterocycles. The number of nitrogens with zero attached hydrogens (tertiary/aromatic N) is 3. The molecule has 0 saturated heterocycles. The molecule has 31 heavy (non-hydrogen) atoms. The molecule has 0 saturated carbocycles. The van der Waals surface area contributed by atoms with E-state index in [4.69, 9.17) is 4.74 Å². The number of carbonyl (C=O) groups excluding carboxylic acids is 2. The maximum atomic E-state index is 13.2. The lowest BCUT2D eigenvalue weighted by Gasteiger charge is -2.17. The van der Waals surface area contributed by atoms with Gasteiger partial charge in [-0.1, -0.05) is 24.3 Å². The molecule has 0 spiro atoms. The van der Waals surface area contributed by atoms with Crippen molar-refractivity contribution in [3.63, 3.8) is 0 Å². The largest absolute Gasteiger partial charge is 0.460 e. The van der Waals surface area contributed by atoms with Crippen molar-refractivity contribution in [2.24, 2.45) is 0 Å². The minimum atomic E-state index is -0.616. The van der Waals surface area contributed by atoms with Gasteiger partial charge in [0.1, 0.15) is 18.0 Å². The van der Waals surface area contributed by atoms with Crippen LogP contribution in [-0.2, 0) is 33.9 Å². The van der Waals surface area contributed by atoms with Crippen LogP contribution in [0.15, 0.2) is 35.1 Å². The van der Waals surface area contributed by atoms with E-state index in [1.807, 2.05) is 12.1 Å². The van der Waals surface area contributed by atoms with Crippen LogP contribution in [0.25, 0.3) is 28.4 Å². The lowest BCUT2D eigenvalue weighted by Crippen LogP contribution is -2.31. The number of aromatic nitrogens is 2. The zero-order valence-corrected chi connectivity index (χ0v) is 16.4. The van der Waals surface area contributed by atoms with Gasteiger partial charge in [0.05, 0.1) is 34.5 Å². The highest BCUT2D eigenvalue weighted by Gasteiger charge is 2.39. The minimum absolute atomic E-state index is 0.0704. The number of fused-ring (bicyclic) bond motifs is 5. The smallest absolute Gasteiger partial charge is 0.310 e. The second kappa shape index (κ2) is 6.69. The van der Waals surface area contributed by atoms with Crippen LogP contribution in [0.4, 0.5) is 5.69 Å². The van der Waals surface area contributed by atoms with Gasteiger partial charge in [-0.25, -0.2) is 4.98 Å². The quantitative estimate of drug-likeness (QED) is 0.217. The predicted molar refractivity (Wildman–Crippen MR) is 110 cm³/mol. The van der Waals surface area contributed by atoms with Crippen LogP contribution in [0.2, 0.25) is 0 Å². The Morgan fingerprint density at radius 1 is 1.23 bits per heavy atom. The van der Waals surface area contributed by atoms with Crippen LogP contribution in [0, 0.1) is 10.1 Å². The fraction of sp³-hybridized carbons (Fsp3) is 0.182. The first kappa shape index (κ1) is 18.9. The zero-order valence-electron chi connectivity index (χ0n) is 16.4. The van der Waals surface area contributed by atoms with Crippen molar-refractivity contribution in [2.75, 3.05) is 0 Å². The molecule has 9 heteroatoms. The van der Waals surface area contributed by atoms with Crippen molar-refractivity contribution < 1.29 is 19.2 Å². The van der Waals surface area contributed by atoms with Gasteiger partial charge in [0.25, 0.3) is 11.2 Å². The van der Waals surface area contributed by atoms with Gasteiger partial charge in [0.2, 0.25) is 0 Å². The molecule has 0 fully saturated rings. The third-order valence-corrected chi connectivity index (χ3v) is 5.59. The van der Waals surface area contributed by atoms with Crippen LogP contribution in [0.5, 0.6) is 0 Å². The van der Waals surface area contributed by atoms with E-state index in [-0.39, 0.29) is 47.9 Å². The van der Waals surface area contributed by atoms with Crippen LogP contribution >= 0.6 is 0 Å². The van der Waals surface area contributed by atoms with E-state index >= 15 is 0 Å². The Bertz CT molecular complexity index is 1430. The molecule has 2 aromatic heterocycles. The number of hydrogen-bond donors (Lipinski definition) is 0. The van der Waals surface area contributed by atoms with E-state index in [0.717, 1.165) is 5.39 Å². The number of pyridine rings is 2. The van der Waals surface area contributed by atoms with E-state index in [2.05, 4.69) is 4.98 Å². The summed E-state index contributed by atoms with van der Waals surface area (Å²) >= 11 is 0. The van der Waals surface area contributed by atoms with Gasteiger partial charge >= 0.3 is 5.97 Å². The summed E-state index contributed by atoms with van der Waals surface area (Å²) < 4.78 is 6.29. The minimum Gasteiger partial charge on any atom is -0.460 e. The van der Waals surface area contributed by atoms with Crippen molar-refractivity contribution in [3.05, 3.63) is 73.1 Å². The first-order valence-corrected chi connectivity index (χ1v) is 9.56. The number of cyclic esters (lactones) is 1. The molecule has 2 aliphatic heterocycles. The van der Waals surface area contributed by atoms with Crippen LogP contribution in [0.3, 0.4) is 0 Å². The van der Waals surface area contributed by atoms with Crippen molar-refractivity contribution in [3.8, 4) is 11.4 Å². The van der Waals surface area contributed by atoms with Gasteiger partial charge in [-0.3, -0.25) is 29.1 Å². The Kier molecular flexibility index (Phi) is 4.07. The molecule has 9 nitrogen and oxygen atoms in total. The van der Waals surface area contributed by atoms with Gasteiger partial charge in [-0.05, 0) is 24.6 Å². The molecule has 0 atom stereocenters. The standard InChI is InChI=1S/C22H15N3O6/c1-11(26)6-7-12-13-4-2-3-5-17(13)23-19-15(12)9-24-21(19)20(25(29)30)14-8-18(27)31-10-16(14)22(24)28/h2-7H,8-10H2,1H3/b7-6+. The maximum Gasteiger partial charge on any atom is 0.310 e. The van der Waals surface area contributed by atoms with Gasteiger partial charge in [-0.15, -0.1) is 0 Å². The van der Waals surface area contributed by atoms with Crippen molar-refractivity contribution in [1.29, 1.82) is 0 Å². The van der Waals surface area contributed by atoms with Gasteiger partial charge < -0.3 is 4.74 Å². The lowest BCUT2D eigenvalue weighted by atomic mass is 9.97. The summed E-state index contributed by atoms with van der Waals surface area (Å²) in [5.41, 5.74) is 1.74. The summed E-state index contributed by atoms with van der Waals surface area (Å²) in [6, 6.07) is 7.24. The van der Waals surface area contributed by atoms with Gasteiger partial charge in [-0.2, -0.15) is 0 Å². The van der Waals surface area contributed by atoms with Crippen LogP contribution in [-0.4, -0.2) is 26.2 Å². The first-order chi connectivity index (χ1) is 14.9. The van der Waals surface area contributed by atoms with E-state index < -0.39 is 16.5 Å². The van der Waals surface area contributed by atoms with Crippen LogP contribution < -0.4 is 5.56 Å². The van der Waals surface area contributed by atoms with E-state index in [1.165, 1.54) is 17.6 Å². The fourth-order valence-electron chi connectivity index (χ4n) is 4.26. The average Bonchev–Trinajstić information content (AvgIpc) is 3.10. The van der Waals surface area contributed by atoms with Crippen LogP contribution in [0.1, 0.15) is 29.2 Å². The summed E-state index contributed by atoms with van der Waals surface area (Å²) in [5, 5.41) is 12.8. The SMILES string of the molecule is CC(=O)/C=C/c1c2c(nc3ccccc13)-c1c([N+](=O)[O-])c3c(c(=O)n1C2)COC(=O)C3. The molecule has 2 aliphatic rings. The Balaban J connectivity index is 1.90. The molecule has 0 radical (unpaired) electrons. The number of rotatable bonds is 3. The molecule has 0 bridgehead atoms. The number of nitro groups is 1. The second-order valence-corrected chi connectivity index (χ2v) is 7.45. The highest BCUT2D eigenvalue weighted by molar-refractivity contribution is 5.99. The molecule has 0 unspecified atom stereocenters. The van der Waals surface area contributed by atoms with E-state index in [9.17, 15) is 24.5 Å². The number of esters is 1. The first-order valence-electron chi connectivity index (χ1n) is 9.56.